The fraction of sp³-hybridized carbons (Fsp3) is 0.312. The maximum absolute atomic E-state index is 5.96. The van der Waals surface area contributed by atoms with Crippen molar-refractivity contribution < 1.29 is 4.74 Å². The SMILES string of the molecule is CCN(CC)c1nc(OC)nc2c1cnn2-c1ccc(Cl)cc1. The summed E-state index contributed by atoms with van der Waals surface area (Å²) in [5.74, 6) is 0.831. The Hall–Kier alpha value is -2.34. The Labute approximate surface area is 139 Å². The molecule has 2 aromatic heterocycles. The van der Waals surface area contributed by atoms with Crippen molar-refractivity contribution in [2.45, 2.75) is 13.8 Å². The first-order chi connectivity index (χ1) is 11.2. The lowest BCUT2D eigenvalue weighted by Gasteiger charge is -2.20. The van der Waals surface area contributed by atoms with Crippen LogP contribution >= 0.6 is 11.6 Å². The minimum Gasteiger partial charge on any atom is -0.467 e. The average molecular weight is 332 g/mol. The third-order valence-electron chi connectivity index (χ3n) is 3.70. The predicted molar refractivity (Wildman–Crippen MR) is 91.8 cm³/mol. The Kier molecular flexibility index (Phi) is 4.34. The number of hydrogen-bond donors (Lipinski definition) is 0. The number of fused-ring (bicyclic) bond motifs is 1. The van der Waals surface area contributed by atoms with Crippen LogP contribution in [0.3, 0.4) is 0 Å². The summed E-state index contributed by atoms with van der Waals surface area (Å²) in [6.45, 7) is 5.87. The normalized spacial score (nSPS) is 11.0. The number of nitrogens with zero attached hydrogens (tertiary/aromatic N) is 5. The Bertz CT molecular complexity index is 811. The second-order valence-electron chi connectivity index (χ2n) is 4.98. The zero-order valence-corrected chi connectivity index (χ0v) is 14.1. The number of anilines is 1. The quantitative estimate of drug-likeness (QED) is 0.717. The fourth-order valence-electron chi connectivity index (χ4n) is 2.50. The molecule has 0 aliphatic heterocycles. The molecule has 0 aliphatic rings. The highest BCUT2D eigenvalue weighted by Crippen LogP contribution is 2.27. The van der Waals surface area contributed by atoms with E-state index >= 15 is 0 Å². The van der Waals surface area contributed by atoms with Gasteiger partial charge in [0.1, 0.15) is 5.82 Å². The third-order valence-corrected chi connectivity index (χ3v) is 3.96. The molecule has 1 aromatic carbocycles. The number of methoxy groups -OCH3 is 1. The molecule has 0 unspecified atom stereocenters. The van der Waals surface area contributed by atoms with Gasteiger partial charge in [0.2, 0.25) is 0 Å². The molecule has 23 heavy (non-hydrogen) atoms. The Morgan fingerprint density at radius 1 is 1.13 bits per heavy atom. The summed E-state index contributed by atoms with van der Waals surface area (Å²) >= 11 is 5.96. The molecule has 0 N–H and O–H groups in total. The van der Waals surface area contributed by atoms with Crippen molar-refractivity contribution in [1.82, 2.24) is 19.7 Å². The number of hydrogen-bond acceptors (Lipinski definition) is 5. The summed E-state index contributed by atoms with van der Waals surface area (Å²) in [4.78, 5) is 11.1. The smallest absolute Gasteiger partial charge is 0.320 e. The van der Waals surface area contributed by atoms with Crippen molar-refractivity contribution in [3.8, 4) is 11.7 Å². The van der Waals surface area contributed by atoms with Crippen molar-refractivity contribution in [2.75, 3.05) is 25.1 Å². The molecular weight excluding hydrogens is 314 g/mol. The topological polar surface area (TPSA) is 56.1 Å². The van der Waals surface area contributed by atoms with Gasteiger partial charge in [-0.2, -0.15) is 15.1 Å². The van der Waals surface area contributed by atoms with Crippen LogP contribution in [-0.4, -0.2) is 39.9 Å². The fourth-order valence-corrected chi connectivity index (χ4v) is 2.63. The van der Waals surface area contributed by atoms with Crippen LogP contribution in [0.4, 0.5) is 5.82 Å². The van der Waals surface area contributed by atoms with E-state index in [1.165, 1.54) is 0 Å². The number of aromatic nitrogens is 4. The number of rotatable bonds is 5. The van der Waals surface area contributed by atoms with E-state index in [1.807, 2.05) is 24.3 Å². The molecule has 0 saturated carbocycles. The lowest BCUT2D eigenvalue weighted by atomic mass is 10.3. The Morgan fingerprint density at radius 2 is 1.83 bits per heavy atom. The van der Waals surface area contributed by atoms with Crippen LogP contribution in [0.5, 0.6) is 6.01 Å². The molecule has 120 valence electrons. The van der Waals surface area contributed by atoms with E-state index in [2.05, 4.69) is 33.8 Å². The van der Waals surface area contributed by atoms with Crippen LogP contribution < -0.4 is 9.64 Å². The first-order valence-electron chi connectivity index (χ1n) is 7.48. The molecule has 0 spiro atoms. The van der Waals surface area contributed by atoms with E-state index in [4.69, 9.17) is 16.3 Å². The minimum absolute atomic E-state index is 0.329. The summed E-state index contributed by atoms with van der Waals surface area (Å²) in [6, 6.07) is 7.79. The van der Waals surface area contributed by atoms with Crippen molar-refractivity contribution in [3.05, 3.63) is 35.5 Å². The van der Waals surface area contributed by atoms with Gasteiger partial charge in [0.15, 0.2) is 5.65 Å². The van der Waals surface area contributed by atoms with E-state index < -0.39 is 0 Å². The van der Waals surface area contributed by atoms with Gasteiger partial charge in [-0.15, -0.1) is 0 Å². The van der Waals surface area contributed by atoms with Gasteiger partial charge in [-0.05, 0) is 38.1 Å². The zero-order chi connectivity index (χ0) is 16.4. The van der Waals surface area contributed by atoms with E-state index in [-0.39, 0.29) is 0 Å². The zero-order valence-electron chi connectivity index (χ0n) is 13.3. The van der Waals surface area contributed by atoms with Crippen LogP contribution in [0.1, 0.15) is 13.8 Å². The van der Waals surface area contributed by atoms with Gasteiger partial charge in [-0.3, -0.25) is 0 Å². The monoisotopic (exact) mass is 331 g/mol. The summed E-state index contributed by atoms with van der Waals surface area (Å²) in [6.07, 6.45) is 1.79. The van der Waals surface area contributed by atoms with Gasteiger partial charge in [0, 0.05) is 18.1 Å². The first-order valence-corrected chi connectivity index (χ1v) is 7.86. The summed E-state index contributed by atoms with van der Waals surface area (Å²) in [5, 5.41) is 6.05. The molecule has 0 saturated heterocycles. The van der Waals surface area contributed by atoms with Gasteiger partial charge in [-0.1, -0.05) is 11.6 Å². The van der Waals surface area contributed by atoms with Gasteiger partial charge < -0.3 is 9.64 Å². The summed E-state index contributed by atoms with van der Waals surface area (Å²) < 4.78 is 7.04. The Balaban J connectivity index is 2.22. The van der Waals surface area contributed by atoms with Crippen molar-refractivity contribution >= 4 is 28.5 Å². The molecule has 0 atom stereocenters. The van der Waals surface area contributed by atoms with Crippen molar-refractivity contribution in [2.24, 2.45) is 0 Å². The molecule has 0 bridgehead atoms. The average Bonchev–Trinajstić information content (AvgIpc) is 3.00. The maximum Gasteiger partial charge on any atom is 0.320 e. The molecule has 7 heteroatoms. The van der Waals surface area contributed by atoms with Crippen LogP contribution in [0.25, 0.3) is 16.7 Å². The molecule has 0 radical (unpaired) electrons. The van der Waals surface area contributed by atoms with E-state index in [0.717, 1.165) is 30.0 Å². The van der Waals surface area contributed by atoms with Crippen LogP contribution in [0.15, 0.2) is 30.5 Å². The van der Waals surface area contributed by atoms with Crippen molar-refractivity contribution in [1.29, 1.82) is 0 Å². The van der Waals surface area contributed by atoms with E-state index in [0.29, 0.717) is 16.7 Å². The lowest BCUT2D eigenvalue weighted by molar-refractivity contribution is 0.381. The van der Waals surface area contributed by atoms with Crippen LogP contribution in [-0.2, 0) is 0 Å². The van der Waals surface area contributed by atoms with Crippen LogP contribution in [0.2, 0.25) is 5.02 Å². The molecular formula is C16H18ClN5O. The maximum atomic E-state index is 5.96. The Morgan fingerprint density at radius 3 is 2.43 bits per heavy atom. The first kappa shape index (κ1) is 15.6. The highest BCUT2D eigenvalue weighted by atomic mass is 35.5. The van der Waals surface area contributed by atoms with Gasteiger partial charge in [-0.25, -0.2) is 4.68 Å². The minimum atomic E-state index is 0.329. The summed E-state index contributed by atoms with van der Waals surface area (Å²) in [7, 11) is 1.57. The molecule has 3 rings (SSSR count). The second-order valence-corrected chi connectivity index (χ2v) is 5.41. The van der Waals surface area contributed by atoms with Gasteiger partial charge in [0.05, 0.1) is 24.4 Å². The lowest BCUT2D eigenvalue weighted by Crippen LogP contribution is -2.23. The molecule has 3 aromatic rings. The van der Waals surface area contributed by atoms with Gasteiger partial charge >= 0.3 is 6.01 Å². The molecule has 6 nitrogen and oxygen atoms in total. The van der Waals surface area contributed by atoms with Gasteiger partial charge in [0.25, 0.3) is 0 Å². The second kappa shape index (κ2) is 6.42. The number of ether oxygens (including phenoxy) is 1. The predicted octanol–water partition coefficient (Wildman–Crippen LogP) is 3.32. The standard InChI is InChI=1S/C16H18ClN5O/c1-4-21(5-2)14-13-10-18-22(12-8-6-11(17)7-9-12)15(13)20-16(19-14)23-3/h6-10H,4-5H2,1-3H3. The highest BCUT2D eigenvalue weighted by Gasteiger charge is 2.17. The van der Waals surface area contributed by atoms with Crippen LogP contribution in [0, 0.1) is 0 Å². The highest BCUT2D eigenvalue weighted by molar-refractivity contribution is 6.30. The third kappa shape index (κ3) is 2.82. The molecule has 0 fully saturated rings. The number of benzene rings is 1. The van der Waals surface area contributed by atoms with Crippen molar-refractivity contribution in [3.63, 3.8) is 0 Å². The largest absolute Gasteiger partial charge is 0.467 e. The van der Waals surface area contributed by atoms with E-state index in [9.17, 15) is 0 Å². The number of halogens is 1. The molecule has 0 amide bonds. The van der Waals surface area contributed by atoms with E-state index in [1.54, 1.807) is 18.0 Å². The summed E-state index contributed by atoms with van der Waals surface area (Å²) in [5.41, 5.74) is 1.59. The molecule has 0 aliphatic carbocycles. The molecule has 2 heterocycles.